The van der Waals surface area contributed by atoms with Gasteiger partial charge in [0, 0.05) is 17.3 Å². The van der Waals surface area contributed by atoms with Crippen LogP contribution < -0.4 is 0 Å². The van der Waals surface area contributed by atoms with E-state index in [4.69, 9.17) is 0 Å². The summed E-state index contributed by atoms with van der Waals surface area (Å²) in [6.45, 7) is 1.75. The van der Waals surface area contributed by atoms with E-state index in [1.807, 2.05) is 24.3 Å². The van der Waals surface area contributed by atoms with E-state index in [0.29, 0.717) is 12.8 Å². The fourth-order valence-electron chi connectivity index (χ4n) is 2.46. The van der Waals surface area contributed by atoms with Gasteiger partial charge in [-0.15, -0.1) is 0 Å². The average Bonchev–Trinajstić information content (AvgIpc) is 2.15. The zero-order valence-electron chi connectivity index (χ0n) is 8.90. The van der Waals surface area contributed by atoms with Crippen molar-refractivity contribution in [2.75, 3.05) is 0 Å². The van der Waals surface area contributed by atoms with Crippen molar-refractivity contribution in [3.8, 4) is 0 Å². The highest BCUT2D eigenvalue weighted by Crippen LogP contribution is 2.52. The maximum atomic E-state index is 10.5. The molecule has 1 aliphatic rings. The number of hydrogen-bond donors (Lipinski definition) is 1. The van der Waals surface area contributed by atoms with E-state index in [1.54, 1.807) is 13.0 Å². The summed E-state index contributed by atoms with van der Waals surface area (Å²) in [6, 6.07) is 7.63. The van der Waals surface area contributed by atoms with Crippen LogP contribution in [0.15, 0.2) is 33.7 Å². The highest BCUT2D eigenvalue weighted by Gasteiger charge is 2.53. The van der Waals surface area contributed by atoms with E-state index >= 15 is 0 Å². The van der Waals surface area contributed by atoms with Crippen LogP contribution in [-0.2, 0) is 10.3 Å². The van der Waals surface area contributed by atoms with Gasteiger partial charge in [-0.05, 0) is 18.6 Å². The van der Waals surface area contributed by atoms with Crippen molar-refractivity contribution in [2.24, 2.45) is 4.99 Å². The van der Waals surface area contributed by atoms with Gasteiger partial charge < -0.3 is 5.11 Å². The van der Waals surface area contributed by atoms with Crippen LogP contribution in [-0.4, -0.2) is 16.8 Å². The molecule has 0 bridgehead atoms. The Bertz CT molecular complexity index is 456. The molecule has 0 radical (unpaired) electrons. The van der Waals surface area contributed by atoms with Crippen LogP contribution in [0.4, 0.5) is 0 Å². The minimum atomic E-state index is -0.740. The Kier molecular flexibility index (Phi) is 2.74. The average molecular weight is 282 g/mol. The summed E-state index contributed by atoms with van der Waals surface area (Å²) in [7, 11) is 0. The van der Waals surface area contributed by atoms with Gasteiger partial charge in [0.2, 0.25) is 6.08 Å². The first-order valence-electron chi connectivity index (χ1n) is 5.06. The van der Waals surface area contributed by atoms with Crippen LogP contribution in [0.3, 0.4) is 0 Å². The van der Waals surface area contributed by atoms with Crippen molar-refractivity contribution >= 4 is 22.0 Å². The number of isocyanates is 1. The molecule has 1 aliphatic carbocycles. The zero-order chi connectivity index (χ0) is 11.8. The Hall–Kier alpha value is -0.960. The zero-order valence-corrected chi connectivity index (χ0v) is 10.5. The third-order valence-corrected chi connectivity index (χ3v) is 3.67. The molecule has 1 saturated carbocycles. The molecule has 0 amide bonds. The van der Waals surface area contributed by atoms with E-state index in [1.165, 1.54) is 0 Å². The molecule has 3 nitrogen and oxygen atoms in total. The fraction of sp³-hybridized carbons (Fsp3) is 0.417. The monoisotopic (exact) mass is 281 g/mol. The van der Waals surface area contributed by atoms with Gasteiger partial charge in [0.1, 0.15) is 5.54 Å². The van der Waals surface area contributed by atoms with Crippen molar-refractivity contribution in [3.05, 3.63) is 34.3 Å². The van der Waals surface area contributed by atoms with Crippen LogP contribution in [0.2, 0.25) is 0 Å². The molecule has 1 N–H and O–H groups in total. The quantitative estimate of drug-likeness (QED) is 0.669. The van der Waals surface area contributed by atoms with Gasteiger partial charge >= 0.3 is 0 Å². The Morgan fingerprint density at radius 1 is 1.44 bits per heavy atom. The maximum Gasteiger partial charge on any atom is 0.235 e. The highest BCUT2D eigenvalue weighted by atomic mass is 79.9. The minimum Gasteiger partial charge on any atom is -0.390 e. The van der Waals surface area contributed by atoms with Gasteiger partial charge in [-0.2, -0.15) is 4.99 Å². The number of carbonyl (C=O) groups excluding carboxylic acids is 1. The Labute approximate surface area is 102 Å². The molecule has 84 valence electrons. The predicted octanol–water partition coefficient (Wildman–Crippen LogP) is 2.53. The SMILES string of the molecule is CC1(O)CC(N=C=O)(c2ccccc2Br)C1. The molecule has 4 heteroatoms. The molecular weight excluding hydrogens is 270 g/mol. The van der Waals surface area contributed by atoms with Gasteiger partial charge in [0.05, 0.1) is 5.60 Å². The lowest BCUT2D eigenvalue weighted by atomic mass is 9.63. The Morgan fingerprint density at radius 3 is 2.56 bits per heavy atom. The lowest BCUT2D eigenvalue weighted by Gasteiger charge is -2.48. The summed E-state index contributed by atoms with van der Waals surface area (Å²) in [5, 5.41) is 9.82. The van der Waals surface area contributed by atoms with E-state index in [-0.39, 0.29) is 0 Å². The molecule has 0 aromatic heterocycles. The number of rotatable bonds is 2. The second-order valence-electron chi connectivity index (χ2n) is 4.57. The molecular formula is C12H12BrNO2. The molecule has 0 atom stereocenters. The normalized spacial score (nSPS) is 32.7. The first-order chi connectivity index (χ1) is 7.49. The van der Waals surface area contributed by atoms with E-state index in [9.17, 15) is 9.90 Å². The molecule has 0 heterocycles. The smallest absolute Gasteiger partial charge is 0.235 e. The van der Waals surface area contributed by atoms with Crippen molar-refractivity contribution in [1.29, 1.82) is 0 Å². The first kappa shape index (κ1) is 11.5. The Balaban J connectivity index is 2.44. The minimum absolute atomic E-state index is 0.456. The van der Waals surface area contributed by atoms with E-state index in [0.717, 1.165) is 10.0 Å². The van der Waals surface area contributed by atoms with Gasteiger partial charge in [0.25, 0.3) is 0 Å². The van der Waals surface area contributed by atoms with E-state index in [2.05, 4.69) is 20.9 Å². The predicted molar refractivity (Wildman–Crippen MR) is 63.8 cm³/mol. The molecule has 2 rings (SSSR count). The molecule has 16 heavy (non-hydrogen) atoms. The summed E-state index contributed by atoms with van der Waals surface area (Å²) in [5.74, 6) is 0. The number of aliphatic imine (C=N–C) groups is 1. The third kappa shape index (κ3) is 1.84. The number of halogens is 1. The molecule has 0 aliphatic heterocycles. The van der Waals surface area contributed by atoms with Gasteiger partial charge in [-0.3, -0.25) is 0 Å². The molecule has 1 fully saturated rings. The standard InChI is InChI=1S/C12H12BrNO2/c1-11(16)6-12(7-11,14-8-15)9-4-2-3-5-10(9)13/h2-5,16H,6-7H2,1H3. The lowest BCUT2D eigenvalue weighted by molar-refractivity contribution is -0.0729. The molecule has 0 saturated heterocycles. The fourth-order valence-corrected chi connectivity index (χ4v) is 3.12. The molecule has 0 spiro atoms. The largest absolute Gasteiger partial charge is 0.390 e. The van der Waals surface area contributed by atoms with Crippen molar-refractivity contribution in [2.45, 2.75) is 30.9 Å². The van der Waals surface area contributed by atoms with Crippen LogP contribution in [0.25, 0.3) is 0 Å². The highest BCUT2D eigenvalue weighted by molar-refractivity contribution is 9.10. The summed E-state index contributed by atoms with van der Waals surface area (Å²) in [5.41, 5.74) is -0.411. The van der Waals surface area contributed by atoms with Crippen LogP contribution in [0.1, 0.15) is 25.3 Å². The lowest BCUT2D eigenvalue weighted by Crippen LogP contribution is -2.51. The summed E-state index contributed by atoms with van der Waals surface area (Å²) >= 11 is 3.44. The third-order valence-electron chi connectivity index (χ3n) is 2.98. The van der Waals surface area contributed by atoms with Crippen molar-refractivity contribution in [1.82, 2.24) is 0 Å². The van der Waals surface area contributed by atoms with Crippen LogP contribution >= 0.6 is 15.9 Å². The van der Waals surface area contributed by atoms with Crippen LogP contribution in [0.5, 0.6) is 0 Å². The second-order valence-corrected chi connectivity index (χ2v) is 5.42. The molecule has 1 aromatic rings. The summed E-state index contributed by atoms with van der Waals surface area (Å²) in [6.07, 6.45) is 2.53. The van der Waals surface area contributed by atoms with Crippen molar-refractivity contribution < 1.29 is 9.90 Å². The Morgan fingerprint density at radius 2 is 2.06 bits per heavy atom. The molecule has 0 unspecified atom stereocenters. The van der Waals surface area contributed by atoms with Crippen molar-refractivity contribution in [3.63, 3.8) is 0 Å². The number of benzene rings is 1. The number of aliphatic hydroxyl groups is 1. The second kappa shape index (κ2) is 3.81. The number of hydrogen-bond acceptors (Lipinski definition) is 3. The van der Waals surface area contributed by atoms with E-state index < -0.39 is 11.1 Å². The first-order valence-corrected chi connectivity index (χ1v) is 5.85. The van der Waals surface area contributed by atoms with Gasteiger partial charge in [-0.25, -0.2) is 4.79 Å². The summed E-state index contributed by atoms with van der Waals surface area (Å²) in [4.78, 5) is 14.4. The van der Waals surface area contributed by atoms with Gasteiger partial charge in [-0.1, -0.05) is 34.1 Å². The summed E-state index contributed by atoms with van der Waals surface area (Å²) < 4.78 is 0.907. The van der Waals surface area contributed by atoms with Gasteiger partial charge in [0.15, 0.2) is 0 Å². The molecule has 1 aromatic carbocycles. The maximum absolute atomic E-state index is 10.5. The number of nitrogens with zero attached hydrogens (tertiary/aromatic N) is 1. The van der Waals surface area contributed by atoms with Crippen LogP contribution in [0, 0.1) is 0 Å². The topological polar surface area (TPSA) is 49.7 Å².